The van der Waals surface area contributed by atoms with Gasteiger partial charge in [-0.05, 0) is 48.9 Å². The van der Waals surface area contributed by atoms with Gasteiger partial charge < -0.3 is 10.3 Å². The topological polar surface area (TPSA) is 103 Å². The van der Waals surface area contributed by atoms with E-state index in [0.29, 0.717) is 16.9 Å². The van der Waals surface area contributed by atoms with Crippen LogP contribution in [0, 0.1) is 12.7 Å². The molecular weight excluding hydrogens is 363 g/mol. The summed E-state index contributed by atoms with van der Waals surface area (Å²) in [5.41, 5.74) is 6.03. The van der Waals surface area contributed by atoms with Gasteiger partial charge in [-0.15, -0.1) is 0 Å². The van der Waals surface area contributed by atoms with Crippen molar-refractivity contribution in [2.24, 2.45) is 0 Å². The van der Waals surface area contributed by atoms with Crippen molar-refractivity contribution >= 4 is 23.4 Å². The van der Waals surface area contributed by atoms with Crippen LogP contribution in [0.3, 0.4) is 0 Å². The van der Waals surface area contributed by atoms with Gasteiger partial charge in [0.2, 0.25) is 0 Å². The summed E-state index contributed by atoms with van der Waals surface area (Å²) in [6.45, 7) is 1.74. The van der Waals surface area contributed by atoms with E-state index >= 15 is 0 Å². The van der Waals surface area contributed by atoms with E-state index in [1.165, 1.54) is 24.3 Å². The highest BCUT2D eigenvalue weighted by molar-refractivity contribution is 6.06. The Bertz CT molecular complexity index is 1030. The maximum atomic E-state index is 13.8. The molecule has 0 aliphatic carbocycles. The maximum absolute atomic E-state index is 13.8. The minimum atomic E-state index is -0.640. The first-order chi connectivity index (χ1) is 13.5. The van der Waals surface area contributed by atoms with Crippen LogP contribution in [-0.2, 0) is 0 Å². The molecule has 7 nitrogen and oxygen atoms in total. The summed E-state index contributed by atoms with van der Waals surface area (Å²) in [7, 11) is 0. The largest absolute Gasteiger partial charge is 0.357 e. The van der Waals surface area contributed by atoms with Gasteiger partial charge in [0, 0.05) is 17.4 Å². The number of carbonyl (C=O) groups is 3. The molecule has 3 aromatic rings. The number of H-pyrrole nitrogens is 1. The summed E-state index contributed by atoms with van der Waals surface area (Å²) < 4.78 is 13.8. The zero-order valence-electron chi connectivity index (χ0n) is 14.9. The average Bonchev–Trinajstić information content (AvgIpc) is 3.22. The predicted molar refractivity (Wildman–Crippen MR) is 101 cm³/mol. The highest BCUT2D eigenvalue weighted by atomic mass is 19.1. The van der Waals surface area contributed by atoms with E-state index in [0.717, 1.165) is 0 Å². The zero-order valence-corrected chi connectivity index (χ0v) is 14.9. The third-order valence-corrected chi connectivity index (χ3v) is 4.00. The normalized spacial score (nSPS) is 10.2. The van der Waals surface area contributed by atoms with Crippen LogP contribution in [0.5, 0.6) is 0 Å². The number of carbonyl (C=O) groups excluding carboxylic acids is 3. The number of nitrogens with one attached hydrogen (secondary N) is 4. The molecule has 8 heteroatoms. The highest BCUT2D eigenvalue weighted by Crippen LogP contribution is 2.19. The molecule has 0 saturated heterocycles. The molecule has 0 aliphatic rings. The van der Waals surface area contributed by atoms with Gasteiger partial charge >= 0.3 is 0 Å². The Morgan fingerprint density at radius 1 is 0.893 bits per heavy atom. The molecule has 1 aromatic heterocycles. The maximum Gasteiger partial charge on any atom is 0.286 e. The van der Waals surface area contributed by atoms with Crippen LogP contribution in [0.25, 0.3) is 0 Å². The monoisotopic (exact) mass is 380 g/mol. The Morgan fingerprint density at radius 2 is 1.64 bits per heavy atom. The molecule has 4 N–H and O–H groups in total. The van der Waals surface area contributed by atoms with Gasteiger partial charge in [0.25, 0.3) is 17.7 Å². The fourth-order valence-electron chi connectivity index (χ4n) is 2.46. The number of aromatic amines is 1. The van der Waals surface area contributed by atoms with Crippen molar-refractivity contribution in [2.75, 3.05) is 5.32 Å². The van der Waals surface area contributed by atoms with Crippen molar-refractivity contribution in [3.05, 3.63) is 89.0 Å². The van der Waals surface area contributed by atoms with Crippen molar-refractivity contribution in [3.8, 4) is 0 Å². The lowest BCUT2D eigenvalue weighted by molar-refractivity contribution is 0.0844. The number of aryl methyl sites for hydroxylation is 1. The zero-order chi connectivity index (χ0) is 20.1. The quantitative estimate of drug-likeness (QED) is 0.523. The number of anilines is 1. The molecule has 0 radical (unpaired) electrons. The van der Waals surface area contributed by atoms with E-state index in [4.69, 9.17) is 0 Å². The fraction of sp³-hybridized carbons (Fsp3) is 0.0500. The molecular formula is C20H17FN4O3. The number of benzene rings is 2. The molecule has 2 aromatic carbocycles. The molecule has 0 spiro atoms. The second kappa shape index (κ2) is 8.17. The van der Waals surface area contributed by atoms with Gasteiger partial charge in [0.05, 0.1) is 5.56 Å². The Labute approximate surface area is 159 Å². The van der Waals surface area contributed by atoms with E-state index in [-0.39, 0.29) is 11.1 Å². The van der Waals surface area contributed by atoms with Crippen LogP contribution >= 0.6 is 0 Å². The predicted octanol–water partition coefficient (Wildman–Crippen LogP) is 2.79. The molecule has 0 unspecified atom stereocenters. The molecule has 1 heterocycles. The van der Waals surface area contributed by atoms with E-state index in [1.54, 1.807) is 43.5 Å². The molecule has 0 fully saturated rings. The lowest BCUT2D eigenvalue weighted by atomic mass is 10.1. The van der Waals surface area contributed by atoms with Gasteiger partial charge in [-0.25, -0.2) is 4.39 Å². The van der Waals surface area contributed by atoms with Crippen LogP contribution in [0.1, 0.15) is 36.8 Å². The first-order valence-corrected chi connectivity index (χ1v) is 8.36. The first-order valence-electron chi connectivity index (χ1n) is 8.36. The van der Waals surface area contributed by atoms with Gasteiger partial charge in [0.15, 0.2) is 0 Å². The van der Waals surface area contributed by atoms with Gasteiger partial charge in [-0.3, -0.25) is 25.2 Å². The first kappa shape index (κ1) is 18.8. The van der Waals surface area contributed by atoms with Crippen molar-refractivity contribution in [2.45, 2.75) is 6.92 Å². The van der Waals surface area contributed by atoms with Gasteiger partial charge in [0.1, 0.15) is 11.5 Å². The molecule has 0 bridgehead atoms. The van der Waals surface area contributed by atoms with Crippen molar-refractivity contribution in [1.82, 2.24) is 15.8 Å². The van der Waals surface area contributed by atoms with Gasteiger partial charge in [-0.1, -0.05) is 18.2 Å². The lowest BCUT2D eigenvalue weighted by Gasteiger charge is -2.12. The standard InChI is InChI=1S/C20H17FN4O3/c1-12-8-9-13(18(26)24-25-20(28)16-7-4-10-22-16)11-17(12)23-19(27)14-5-2-3-6-15(14)21/h2-11,22H,1H3,(H,23,27)(H,24,26)(H,25,28). The summed E-state index contributed by atoms with van der Waals surface area (Å²) >= 11 is 0. The number of hydrogen-bond donors (Lipinski definition) is 4. The smallest absolute Gasteiger partial charge is 0.286 e. The fourth-order valence-corrected chi connectivity index (χ4v) is 2.46. The minimum absolute atomic E-state index is 0.102. The second-order valence-corrected chi connectivity index (χ2v) is 5.96. The number of rotatable bonds is 4. The molecule has 0 saturated carbocycles. The van der Waals surface area contributed by atoms with Crippen LogP contribution < -0.4 is 16.2 Å². The van der Waals surface area contributed by atoms with E-state index in [9.17, 15) is 18.8 Å². The Hall–Kier alpha value is -3.94. The summed E-state index contributed by atoms with van der Waals surface area (Å²) in [5, 5.41) is 2.60. The van der Waals surface area contributed by atoms with E-state index < -0.39 is 23.5 Å². The number of hydrogen-bond acceptors (Lipinski definition) is 3. The highest BCUT2D eigenvalue weighted by Gasteiger charge is 2.15. The molecule has 3 amide bonds. The van der Waals surface area contributed by atoms with Crippen molar-refractivity contribution in [1.29, 1.82) is 0 Å². The second-order valence-electron chi connectivity index (χ2n) is 5.96. The molecule has 0 atom stereocenters. The Morgan fingerprint density at radius 3 is 2.36 bits per heavy atom. The van der Waals surface area contributed by atoms with Crippen molar-refractivity contribution < 1.29 is 18.8 Å². The molecule has 0 aliphatic heterocycles. The van der Waals surface area contributed by atoms with Crippen LogP contribution in [-0.4, -0.2) is 22.7 Å². The number of aromatic nitrogens is 1. The number of hydrazine groups is 1. The van der Waals surface area contributed by atoms with Crippen molar-refractivity contribution in [3.63, 3.8) is 0 Å². The summed E-state index contributed by atoms with van der Waals surface area (Å²) in [5.74, 6) is -2.34. The molecule has 3 rings (SSSR count). The average molecular weight is 380 g/mol. The third kappa shape index (κ3) is 4.24. The lowest BCUT2D eigenvalue weighted by Crippen LogP contribution is -2.41. The summed E-state index contributed by atoms with van der Waals surface area (Å²) in [6.07, 6.45) is 1.58. The molecule has 142 valence electrons. The number of halogens is 1. The summed E-state index contributed by atoms with van der Waals surface area (Å²) in [6, 6.07) is 13.5. The van der Waals surface area contributed by atoms with Crippen LogP contribution in [0.2, 0.25) is 0 Å². The van der Waals surface area contributed by atoms with Crippen LogP contribution in [0.15, 0.2) is 60.8 Å². The summed E-state index contributed by atoms with van der Waals surface area (Å²) in [4.78, 5) is 39.2. The Kier molecular flexibility index (Phi) is 5.50. The third-order valence-electron chi connectivity index (χ3n) is 4.00. The van der Waals surface area contributed by atoms with Crippen LogP contribution in [0.4, 0.5) is 10.1 Å². The van der Waals surface area contributed by atoms with E-state index in [2.05, 4.69) is 21.2 Å². The SMILES string of the molecule is Cc1ccc(C(=O)NNC(=O)c2ccc[nH]2)cc1NC(=O)c1ccccc1F. The number of amides is 3. The Balaban J connectivity index is 1.70. The van der Waals surface area contributed by atoms with Gasteiger partial charge in [-0.2, -0.15) is 0 Å². The van der Waals surface area contributed by atoms with E-state index in [1.807, 2.05) is 0 Å². The minimum Gasteiger partial charge on any atom is -0.357 e. The molecule has 28 heavy (non-hydrogen) atoms.